The Morgan fingerprint density at radius 2 is 1.80 bits per heavy atom. The molecule has 0 heterocycles. The first-order valence-corrected chi connectivity index (χ1v) is 4.77. The highest BCUT2D eigenvalue weighted by molar-refractivity contribution is 5.35. The van der Waals surface area contributed by atoms with Gasteiger partial charge in [-0.3, -0.25) is 0 Å². The molecule has 0 amide bonds. The van der Waals surface area contributed by atoms with Gasteiger partial charge in [-0.05, 0) is 42.0 Å². The topological polar surface area (TPSA) is 0 Å². The first kappa shape index (κ1) is 10.5. The van der Waals surface area contributed by atoms with Gasteiger partial charge < -0.3 is 0 Å². The number of halogens is 4. The molecule has 2 rings (SSSR count). The molecule has 1 aliphatic carbocycles. The Bertz CT molecular complexity index is 363. The lowest BCUT2D eigenvalue weighted by molar-refractivity contribution is -0.137. The Hall–Kier alpha value is -1.06. The van der Waals surface area contributed by atoms with Gasteiger partial charge in [-0.1, -0.05) is 6.07 Å². The van der Waals surface area contributed by atoms with Crippen molar-refractivity contribution in [3.05, 3.63) is 34.9 Å². The average molecular weight is 218 g/mol. The van der Waals surface area contributed by atoms with E-state index >= 15 is 0 Å². The fourth-order valence-electron chi connectivity index (χ4n) is 1.61. The maximum atomic E-state index is 12.4. The maximum absolute atomic E-state index is 12.4. The predicted molar refractivity (Wildman–Crippen MR) is 48.2 cm³/mol. The minimum atomic E-state index is -4.38. The van der Waals surface area contributed by atoms with Crippen molar-refractivity contribution in [2.45, 2.75) is 31.6 Å². The normalized spacial score (nSPS) is 16.8. The Morgan fingerprint density at radius 1 is 1.13 bits per heavy atom. The first-order chi connectivity index (χ1) is 7.00. The summed E-state index contributed by atoms with van der Waals surface area (Å²) in [6.45, 7) is -0.844. The average Bonchev–Trinajstić information content (AvgIpc) is 2.99. The van der Waals surface area contributed by atoms with E-state index in [2.05, 4.69) is 0 Å². The van der Waals surface area contributed by atoms with Crippen LogP contribution >= 0.6 is 0 Å². The molecule has 0 N–H and O–H groups in total. The molecular weight excluding hydrogens is 208 g/mol. The summed E-state index contributed by atoms with van der Waals surface area (Å²) in [5.74, 6) is 0.206. The molecule has 1 saturated carbocycles. The molecular formula is C11H10F4. The zero-order valence-electron chi connectivity index (χ0n) is 7.94. The Morgan fingerprint density at radius 3 is 2.27 bits per heavy atom. The van der Waals surface area contributed by atoms with Gasteiger partial charge >= 0.3 is 6.18 Å². The van der Waals surface area contributed by atoms with Gasteiger partial charge in [0.1, 0.15) is 6.67 Å². The number of benzene rings is 1. The Kier molecular flexibility index (Phi) is 2.44. The summed E-state index contributed by atoms with van der Waals surface area (Å²) < 4.78 is 49.7. The zero-order chi connectivity index (χ0) is 11.1. The van der Waals surface area contributed by atoms with Crippen molar-refractivity contribution >= 4 is 0 Å². The maximum Gasteiger partial charge on any atom is 0.416 e. The van der Waals surface area contributed by atoms with Gasteiger partial charge in [0.25, 0.3) is 0 Å². The van der Waals surface area contributed by atoms with E-state index in [4.69, 9.17) is 0 Å². The van der Waals surface area contributed by atoms with Crippen LogP contribution in [0.1, 0.15) is 35.4 Å². The molecule has 1 aliphatic rings. The second-order valence-electron chi connectivity index (χ2n) is 3.87. The van der Waals surface area contributed by atoms with Gasteiger partial charge in [0, 0.05) is 0 Å². The van der Waals surface area contributed by atoms with E-state index in [-0.39, 0.29) is 11.5 Å². The molecule has 1 aromatic carbocycles. The summed E-state index contributed by atoms with van der Waals surface area (Å²) in [6, 6.07) is 3.55. The van der Waals surface area contributed by atoms with Crippen molar-refractivity contribution in [1.29, 1.82) is 0 Å². The fraction of sp³-hybridized carbons (Fsp3) is 0.455. The summed E-state index contributed by atoms with van der Waals surface area (Å²) >= 11 is 0. The van der Waals surface area contributed by atoms with Crippen molar-refractivity contribution in [2.24, 2.45) is 0 Å². The molecule has 0 aliphatic heterocycles. The van der Waals surface area contributed by atoms with E-state index in [1.165, 1.54) is 6.07 Å². The largest absolute Gasteiger partial charge is 0.416 e. The van der Waals surface area contributed by atoms with Crippen LogP contribution in [-0.2, 0) is 12.9 Å². The van der Waals surface area contributed by atoms with Crippen molar-refractivity contribution < 1.29 is 17.6 Å². The Balaban J connectivity index is 2.41. The minimum absolute atomic E-state index is 0.117. The highest BCUT2D eigenvalue weighted by Gasteiger charge is 2.33. The van der Waals surface area contributed by atoms with Gasteiger partial charge in [0.2, 0.25) is 0 Å². The van der Waals surface area contributed by atoms with Crippen molar-refractivity contribution in [3.8, 4) is 0 Å². The molecule has 0 spiro atoms. The smallest absolute Gasteiger partial charge is 0.246 e. The summed E-state index contributed by atoms with van der Waals surface area (Å²) in [7, 11) is 0. The van der Waals surface area contributed by atoms with E-state index in [0.29, 0.717) is 5.56 Å². The van der Waals surface area contributed by atoms with Crippen LogP contribution in [0.4, 0.5) is 17.6 Å². The lowest BCUT2D eigenvalue weighted by Crippen LogP contribution is -2.06. The zero-order valence-corrected chi connectivity index (χ0v) is 7.94. The van der Waals surface area contributed by atoms with Crippen LogP contribution < -0.4 is 0 Å². The van der Waals surface area contributed by atoms with Crippen LogP contribution in [0.25, 0.3) is 0 Å². The number of rotatable bonds is 2. The Labute approximate surface area is 84.9 Å². The van der Waals surface area contributed by atoms with Gasteiger partial charge in [-0.2, -0.15) is 13.2 Å². The summed E-state index contributed by atoms with van der Waals surface area (Å²) in [5, 5.41) is 0. The number of hydrogen-bond donors (Lipinski definition) is 0. The molecule has 0 unspecified atom stereocenters. The number of hydrogen-bond acceptors (Lipinski definition) is 0. The van der Waals surface area contributed by atoms with E-state index in [1.807, 2.05) is 0 Å². The van der Waals surface area contributed by atoms with Crippen LogP contribution in [0.15, 0.2) is 18.2 Å². The molecule has 0 bridgehead atoms. The summed E-state index contributed by atoms with van der Waals surface area (Å²) in [4.78, 5) is 0. The van der Waals surface area contributed by atoms with Gasteiger partial charge in [-0.25, -0.2) is 4.39 Å². The van der Waals surface area contributed by atoms with Gasteiger partial charge in [0.15, 0.2) is 0 Å². The monoisotopic (exact) mass is 218 g/mol. The van der Waals surface area contributed by atoms with E-state index in [1.54, 1.807) is 0 Å². The predicted octanol–water partition coefficient (Wildman–Crippen LogP) is 4.05. The molecule has 0 atom stereocenters. The highest BCUT2D eigenvalue weighted by Crippen LogP contribution is 2.42. The van der Waals surface area contributed by atoms with Gasteiger partial charge in [0.05, 0.1) is 5.56 Å². The third kappa shape index (κ3) is 2.30. The molecule has 1 aromatic rings. The third-order valence-corrected chi connectivity index (χ3v) is 2.55. The van der Waals surface area contributed by atoms with Crippen molar-refractivity contribution in [2.75, 3.05) is 0 Å². The van der Waals surface area contributed by atoms with Gasteiger partial charge in [-0.15, -0.1) is 0 Å². The van der Waals surface area contributed by atoms with Crippen LogP contribution in [0.2, 0.25) is 0 Å². The molecule has 0 nitrogen and oxygen atoms in total. The fourth-order valence-corrected chi connectivity index (χ4v) is 1.61. The molecule has 0 aromatic heterocycles. The standard InChI is InChI=1S/C11H10F4/c12-6-7-3-9(8-1-2-8)5-10(4-7)11(13,14)15/h3-5,8H,1-2,6H2. The van der Waals surface area contributed by atoms with E-state index in [9.17, 15) is 17.6 Å². The minimum Gasteiger partial charge on any atom is -0.246 e. The van der Waals surface area contributed by atoms with E-state index in [0.717, 1.165) is 25.0 Å². The lowest BCUT2D eigenvalue weighted by Gasteiger charge is -2.10. The number of alkyl halides is 4. The molecule has 82 valence electrons. The van der Waals surface area contributed by atoms with Crippen LogP contribution in [-0.4, -0.2) is 0 Å². The molecule has 15 heavy (non-hydrogen) atoms. The van der Waals surface area contributed by atoms with Crippen molar-refractivity contribution in [1.82, 2.24) is 0 Å². The van der Waals surface area contributed by atoms with Crippen LogP contribution in [0.3, 0.4) is 0 Å². The van der Waals surface area contributed by atoms with E-state index < -0.39 is 18.4 Å². The molecule has 1 fully saturated rings. The molecule has 0 radical (unpaired) electrons. The SMILES string of the molecule is FCc1cc(C2CC2)cc(C(F)(F)F)c1. The second-order valence-corrected chi connectivity index (χ2v) is 3.87. The lowest BCUT2D eigenvalue weighted by atomic mass is 10.0. The second kappa shape index (κ2) is 3.51. The third-order valence-electron chi connectivity index (χ3n) is 2.55. The first-order valence-electron chi connectivity index (χ1n) is 4.77. The van der Waals surface area contributed by atoms with Crippen LogP contribution in [0.5, 0.6) is 0 Å². The quantitative estimate of drug-likeness (QED) is 0.657. The molecule has 0 saturated heterocycles. The summed E-state index contributed by atoms with van der Waals surface area (Å²) in [6.07, 6.45) is -2.56. The summed E-state index contributed by atoms with van der Waals surface area (Å²) in [5.41, 5.74) is 0.00347. The van der Waals surface area contributed by atoms with Crippen LogP contribution in [0, 0.1) is 0 Å². The van der Waals surface area contributed by atoms with Crippen molar-refractivity contribution in [3.63, 3.8) is 0 Å². The highest BCUT2D eigenvalue weighted by atomic mass is 19.4. The molecule has 4 heteroatoms.